The van der Waals surface area contributed by atoms with E-state index in [0.29, 0.717) is 23.6 Å². The van der Waals surface area contributed by atoms with Crippen LogP contribution in [0, 0.1) is 6.92 Å². The van der Waals surface area contributed by atoms with Gasteiger partial charge in [-0.1, -0.05) is 17.7 Å². The number of hydrogen-bond acceptors (Lipinski definition) is 4. The van der Waals surface area contributed by atoms with Gasteiger partial charge < -0.3 is 19.7 Å². The summed E-state index contributed by atoms with van der Waals surface area (Å²) in [7, 11) is 3.07. The number of nitrogens with one attached hydrogen (secondary N) is 1. The highest BCUT2D eigenvalue weighted by atomic mass is 16.5. The summed E-state index contributed by atoms with van der Waals surface area (Å²) < 4.78 is 10.4. The molecule has 2 aromatic rings. The fourth-order valence-electron chi connectivity index (χ4n) is 3.02. The lowest BCUT2D eigenvalue weighted by molar-refractivity contribution is -0.117. The Labute approximate surface area is 152 Å². The fourth-order valence-corrected chi connectivity index (χ4v) is 3.02. The van der Waals surface area contributed by atoms with Gasteiger partial charge in [-0.2, -0.15) is 0 Å². The molecule has 1 N–H and O–H groups in total. The van der Waals surface area contributed by atoms with Crippen LogP contribution in [0.4, 0.5) is 5.69 Å². The average molecular weight is 354 g/mol. The number of rotatable bonds is 5. The molecule has 0 aromatic heterocycles. The molecule has 0 saturated carbocycles. The molecule has 0 unspecified atom stereocenters. The van der Waals surface area contributed by atoms with Crippen molar-refractivity contribution >= 4 is 17.5 Å². The molecule has 1 aliphatic heterocycles. The topological polar surface area (TPSA) is 67.9 Å². The molecule has 1 saturated heterocycles. The second-order valence-corrected chi connectivity index (χ2v) is 6.28. The van der Waals surface area contributed by atoms with Gasteiger partial charge in [0.05, 0.1) is 20.3 Å². The van der Waals surface area contributed by atoms with Crippen LogP contribution in [0.3, 0.4) is 0 Å². The van der Waals surface area contributed by atoms with Gasteiger partial charge in [-0.25, -0.2) is 0 Å². The Kier molecular flexibility index (Phi) is 5.11. The predicted octanol–water partition coefficient (Wildman–Crippen LogP) is 2.55. The van der Waals surface area contributed by atoms with Gasteiger partial charge in [-0.3, -0.25) is 9.59 Å². The lowest BCUT2D eigenvalue weighted by atomic mass is 10.1. The zero-order valence-corrected chi connectivity index (χ0v) is 15.1. The molecule has 6 nitrogen and oxygen atoms in total. The van der Waals surface area contributed by atoms with Gasteiger partial charge in [-0.15, -0.1) is 0 Å². The van der Waals surface area contributed by atoms with Gasteiger partial charge >= 0.3 is 0 Å². The molecule has 1 fully saturated rings. The third-order valence-electron chi connectivity index (χ3n) is 4.45. The molecule has 1 atom stereocenters. The van der Waals surface area contributed by atoms with Crippen LogP contribution in [0.25, 0.3) is 0 Å². The lowest BCUT2D eigenvalue weighted by Gasteiger charge is -2.17. The Bertz CT molecular complexity index is 817. The molecule has 2 aromatic carbocycles. The van der Waals surface area contributed by atoms with Crippen molar-refractivity contribution in [3.63, 3.8) is 0 Å². The molecule has 6 heteroatoms. The van der Waals surface area contributed by atoms with Crippen LogP contribution in [0.1, 0.15) is 22.3 Å². The molecule has 0 bridgehead atoms. The van der Waals surface area contributed by atoms with Crippen molar-refractivity contribution in [3.8, 4) is 11.5 Å². The number of carbonyl (C=O) groups is 2. The zero-order valence-electron chi connectivity index (χ0n) is 15.1. The first kappa shape index (κ1) is 17.8. The smallest absolute Gasteiger partial charge is 0.251 e. The first-order valence-corrected chi connectivity index (χ1v) is 8.41. The number of carbonyl (C=O) groups excluding carboxylic acids is 2. The number of anilines is 1. The molecule has 136 valence electrons. The van der Waals surface area contributed by atoms with Crippen LogP contribution < -0.4 is 19.7 Å². The number of methoxy groups -OCH3 is 2. The van der Waals surface area contributed by atoms with E-state index < -0.39 is 0 Å². The Morgan fingerprint density at radius 3 is 2.42 bits per heavy atom. The van der Waals surface area contributed by atoms with E-state index in [1.165, 1.54) is 7.11 Å². The Hall–Kier alpha value is -3.02. The average Bonchev–Trinajstić information content (AvgIpc) is 3.01. The van der Waals surface area contributed by atoms with E-state index in [9.17, 15) is 9.59 Å². The predicted molar refractivity (Wildman–Crippen MR) is 98.9 cm³/mol. The second-order valence-electron chi connectivity index (χ2n) is 6.28. The van der Waals surface area contributed by atoms with Gasteiger partial charge in [0.15, 0.2) is 11.5 Å². The van der Waals surface area contributed by atoms with Crippen molar-refractivity contribution in [2.24, 2.45) is 0 Å². The summed E-state index contributed by atoms with van der Waals surface area (Å²) in [5.41, 5.74) is 2.45. The highest BCUT2D eigenvalue weighted by molar-refractivity contribution is 5.99. The Morgan fingerprint density at radius 1 is 1.08 bits per heavy atom. The number of benzene rings is 2. The minimum Gasteiger partial charge on any atom is -0.493 e. The molecule has 0 radical (unpaired) electrons. The molecule has 0 spiro atoms. The van der Waals surface area contributed by atoms with Crippen LogP contribution in [-0.4, -0.2) is 38.6 Å². The van der Waals surface area contributed by atoms with Crippen LogP contribution in [-0.2, 0) is 4.79 Å². The summed E-state index contributed by atoms with van der Waals surface area (Å²) in [6, 6.07) is 12.5. The second kappa shape index (κ2) is 7.47. The van der Waals surface area contributed by atoms with E-state index >= 15 is 0 Å². The number of aryl methyl sites for hydroxylation is 1. The number of amides is 2. The van der Waals surface area contributed by atoms with Crippen LogP contribution in [0.15, 0.2) is 42.5 Å². The van der Waals surface area contributed by atoms with Crippen molar-refractivity contribution in [2.75, 3.05) is 25.7 Å². The third-order valence-corrected chi connectivity index (χ3v) is 4.45. The zero-order chi connectivity index (χ0) is 18.7. The summed E-state index contributed by atoms with van der Waals surface area (Å²) in [5, 5.41) is 2.93. The molecule has 1 aliphatic rings. The fraction of sp³-hybridized carbons (Fsp3) is 0.300. The number of hydrogen-bond donors (Lipinski definition) is 1. The maximum absolute atomic E-state index is 12.5. The molecule has 0 aliphatic carbocycles. The van der Waals surface area contributed by atoms with Gasteiger partial charge in [0.1, 0.15) is 0 Å². The van der Waals surface area contributed by atoms with Gasteiger partial charge in [0, 0.05) is 24.2 Å². The van der Waals surface area contributed by atoms with Gasteiger partial charge in [-0.05, 0) is 37.3 Å². The van der Waals surface area contributed by atoms with E-state index in [1.54, 1.807) is 30.2 Å². The van der Waals surface area contributed by atoms with Crippen molar-refractivity contribution in [3.05, 3.63) is 53.6 Å². The highest BCUT2D eigenvalue weighted by Gasteiger charge is 2.31. The monoisotopic (exact) mass is 354 g/mol. The van der Waals surface area contributed by atoms with E-state index in [4.69, 9.17) is 9.47 Å². The highest BCUT2D eigenvalue weighted by Crippen LogP contribution is 2.28. The van der Waals surface area contributed by atoms with Crippen LogP contribution >= 0.6 is 0 Å². The van der Waals surface area contributed by atoms with E-state index in [0.717, 1.165) is 11.3 Å². The summed E-state index contributed by atoms with van der Waals surface area (Å²) >= 11 is 0. The van der Waals surface area contributed by atoms with Crippen LogP contribution in [0.5, 0.6) is 11.5 Å². The first-order valence-electron chi connectivity index (χ1n) is 8.41. The van der Waals surface area contributed by atoms with Crippen LogP contribution in [0.2, 0.25) is 0 Å². The van der Waals surface area contributed by atoms with E-state index in [-0.39, 0.29) is 24.3 Å². The van der Waals surface area contributed by atoms with Crippen molar-refractivity contribution in [2.45, 2.75) is 19.4 Å². The van der Waals surface area contributed by atoms with Crippen molar-refractivity contribution in [1.82, 2.24) is 5.32 Å². The number of ether oxygens (including phenoxy) is 2. The Balaban J connectivity index is 1.69. The Morgan fingerprint density at radius 2 is 1.77 bits per heavy atom. The quantitative estimate of drug-likeness (QED) is 0.896. The third kappa shape index (κ3) is 3.64. The SMILES string of the molecule is COc1ccc(C(=O)N[C@@H]2CC(=O)N(c3ccc(C)cc3)C2)cc1OC. The van der Waals surface area contributed by atoms with Gasteiger partial charge in [0.2, 0.25) is 5.91 Å². The summed E-state index contributed by atoms with van der Waals surface area (Å²) in [4.78, 5) is 26.5. The summed E-state index contributed by atoms with van der Waals surface area (Å²) in [5.74, 6) is 0.815. The summed E-state index contributed by atoms with van der Waals surface area (Å²) in [6.45, 7) is 2.46. The molecule has 2 amide bonds. The maximum atomic E-state index is 12.5. The van der Waals surface area contributed by atoms with E-state index in [2.05, 4.69) is 5.32 Å². The van der Waals surface area contributed by atoms with E-state index in [1.807, 2.05) is 31.2 Å². The molecule has 3 rings (SSSR count). The summed E-state index contributed by atoms with van der Waals surface area (Å²) in [6.07, 6.45) is 0.285. The number of nitrogens with zero attached hydrogens (tertiary/aromatic N) is 1. The van der Waals surface area contributed by atoms with Gasteiger partial charge in [0.25, 0.3) is 5.91 Å². The molecular weight excluding hydrogens is 332 g/mol. The van der Waals surface area contributed by atoms with Crippen molar-refractivity contribution < 1.29 is 19.1 Å². The molecular formula is C20H22N2O4. The first-order chi connectivity index (χ1) is 12.5. The normalized spacial score (nSPS) is 16.5. The minimum absolute atomic E-state index is 0.00599. The van der Waals surface area contributed by atoms with Crippen molar-refractivity contribution in [1.29, 1.82) is 0 Å². The molecule has 1 heterocycles. The molecule has 26 heavy (non-hydrogen) atoms. The standard InChI is InChI=1S/C20H22N2O4/c1-13-4-7-16(8-5-13)22-12-15(11-19(22)23)21-20(24)14-6-9-17(25-2)18(10-14)26-3/h4-10,15H,11-12H2,1-3H3,(H,21,24)/t15-/m1/s1. The minimum atomic E-state index is -0.241. The maximum Gasteiger partial charge on any atom is 0.251 e. The lowest BCUT2D eigenvalue weighted by Crippen LogP contribution is -2.37. The largest absolute Gasteiger partial charge is 0.493 e.